The van der Waals surface area contributed by atoms with E-state index < -0.39 is 45.4 Å². The van der Waals surface area contributed by atoms with Gasteiger partial charge in [0.05, 0.1) is 0 Å². The van der Waals surface area contributed by atoms with E-state index in [4.69, 9.17) is 18.9 Å². The van der Waals surface area contributed by atoms with Crippen molar-refractivity contribution in [3.63, 3.8) is 0 Å². The zero-order valence-corrected chi connectivity index (χ0v) is 34.4. The second-order valence-corrected chi connectivity index (χ2v) is 17.0. The van der Waals surface area contributed by atoms with Crippen molar-refractivity contribution in [1.82, 2.24) is 0 Å². The Morgan fingerprint density at radius 2 is 1.24 bits per heavy atom. The summed E-state index contributed by atoms with van der Waals surface area (Å²) >= 11 is 0. The van der Waals surface area contributed by atoms with E-state index in [0.29, 0.717) is 23.7 Å². The number of esters is 2. The lowest BCUT2D eigenvalue weighted by atomic mass is 9.72. The Balaban J connectivity index is 1.33. The third-order valence-corrected chi connectivity index (χ3v) is 12.5. The Bertz CT molecular complexity index is 2070. The van der Waals surface area contributed by atoms with Gasteiger partial charge in [0.15, 0.2) is 0 Å². The molecule has 0 spiro atoms. The number of carbonyl (C=O) groups excluding carboxylic acids is 2. The molecule has 1 aliphatic heterocycles. The molecule has 4 aromatic rings. The number of fused-ring (bicyclic) bond motifs is 1. The molecule has 8 nitrogen and oxygen atoms in total. The lowest BCUT2D eigenvalue weighted by molar-refractivity contribution is -0.162. The molecule has 0 saturated carbocycles. The molecule has 0 amide bonds. The third-order valence-electron chi connectivity index (χ3n) is 12.5. The van der Waals surface area contributed by atoms with Crippen molar-refractivity contribution in [2.75, 3.05) is 0 Å². The first-order chi connectivity index (χ1) is 25.6. The summed E-state index contributed by atoms with van der Waals surface area (Å²) in [4.78, 5) is 39.0. The quantitative estimate of drug-likeness (QED) is 0.113. The van der Waals surface area contributed by atoms with E-state index in [-0.39, 0.29) is 22.8 Å². The summed E-state index contributed by atoms with van der Waals surface area (Å²) in [6.45, 7) is 23.6. The molecule has 0 aliphatic carbocycles. The number of carboxylic acid groups (broad SMARTS) is 1. The summed E-state index contributed by atoms with van der Waals surface area (Å²) < 4.78 is 24.3. The summed E-state index contributed by atoms with van der Waals surface area (Å²) in [5.74, 6) is 0.0976. The number of ether oxygens (including phenoxy) is 4. The maximum atomic E-state index is 13.4. The first-order valence-corrected chi connectivity index (χ1v) is 19.2. The second-order valence-electron chi connectivity index (χ2n) is 17.0. The van der Waals surface area contributed by atoms with Crippen molar-refractivity contribution in [3.8, 4) is 23.0 Å². The van der Waals surface area contributed by atoms with Gasteiger partial charge in [0.25, 0.3) is 0 Å². The average molecular weight is 749 g/mol. The highest BCUT2D eigenvalue weighted by atomic mass is 16.6. The van der Waals surface area contributed by atoms with Gasteiger partial charge in [0.1, 0.15) is 50.7 Å². The van der Waals surface area contributed by atoms with Crippen LogP contribution in [-0.4, -0.2) is 34.2 Å². The molecule has 292 valence electrons. The minimum atomic E-state index is -1.07. The average Bonchev–Trinajstić information content (AvgIpc) is 3.14. The van der Waals surface area contributed by atoms with Crippen molar-refractivity contribution < 1.29 is 38.4 Å². The lowest BCUT2D eigenvalue weighted by Gasteiger charge is -2.42. The molecule has 5 rings (SSSR count). The Morgan fingerprint density at radius 1 is 0.745 bits per heavy atom. The van der Waals surface area contributed by atoms with Gasteiger partial charge in [-0.1, -0.05) is 91.8 Å². The van der Waals surface area contributed by atoms with Crippen molar-refractivity contribution >= 4 is 17.9 Å². The third kappa shape index (κ3) is 7.73. The number of hydrogen-bond acceptors (Lipinski definition) is 7. The maximum absolute atomic E-state index is 13.4. The summed E-state index contributed by atoms with van der Waals surface area (Å²) in [5.41, 5.74) is 0.502. The number of aromatic carboxylic acids is 1. The summed E-state index contributed by atoms with van der Waals surface area (Å²) in [5, 5.41) is 10.1. The van der Waals surface area contributed by atoms with Crippen molar-refractivity contribution in [2.24, 2.45) is 11.3 Å². The first kappa shape index (κ1) is 41.1. The molecule has 0 fully saturated rings. The highest BCUT2D eigenvalue weighted by molar-refractivity contribution is 5.96. The van der Waals surface area contributed by atoms with E-state index in [1.54, 1.807) is 45.0 Å². The van der Waals surface area contributed by atoms with Crippen LogP contribution in [0.1, 0.15) is 139 Å². The van der Waals surface area contributed by atoms with Gasteiger partial charge in [0, 0.05) is 10.8 Å². The zero-order valence-electron chi connectivity index (χ0n) is 34.4. The zero-order chi connectivity index (χ0) is 40.7. The van der Waals surface area contributed by atoms with Crippen molar-refractivity contribution in [3.05, 3.63) is 118 Å². The highest BCUT2D eigenvalue weighted by Crippen LogP contribution is 2.44. The van der Waals surface area contributed by atoms with Gasteiger partial charge in [-0.05, 0) is 117 Å². The summed E-state index contributed by atoms with van der Waals surface area (Å²) in [7, 11) is 0. The van der Waals surface area contributed by atoms with E-state index in [1.807, 2.05) is 81.4 Å². The Labute approximate surface area is 326 Å². The minimum absolute atomic E-state index is 0.145. The van der Waals surface area contributed by atoms with E-state index in [9.17, 15) is 19.5 Å². The van der Waals surface area contributed by atoms with E-state index in [0.717, 1.165) is 28.7 Å². The number of carbonyl (C=O) groups is 3. The summed E-state index contributed by atoms with van der Waals surface area (Å²) in [6, 6.07) is 26.4. The van der Waals surface area contributed by atoms with Crippen LogP contribution < -0.4 is 14.2 Å². The lowest BCUT2D eigenvalue weighted by Crippen LogP contribution is -2.52. The molecule has 1 aliphatic rings. The predicted octanol–water partition coefficient (Wildman–Crippen LogP) is 11.3. The van der Waals surface area contributed by atoms with Gasteiger partial charge in [-0.15, -0.1) is 0 Å². The molecular weight excluding hydrogens is 693 g/mol. The van der Waals surface area contributed by atoms with Gasteiger partial charge in [-0.2, -0.15) is 0 Å². The van der Waals surface area contributed by atoms with Crippen LogP contribution in [0.25, 0.3) is 0 Å². The van der Waals surface area contributed by atoms with E-state index >= 15 is 0 Å². The molecule has 0 radical (unpaired) electrons. The van der Waals surface area contributed by atoms with Crippen LogP contribution in [-0.2, 0) is 20.4 Å². The monoisotopic (exact) mass is 748 g/mol. The van der Waals surface area contributed by atoms with Crippen LogP contribution in [0.2, 0.25) is 0 Å². The Kier molecular flexibility index (Phi) is 11.1. The highest BCUT2D eigenvalue weighted by Gasteiger charge is 2.52. The first-order valence-electron chi connectivity index (χ1n) is 19.2. The van der Waals surface area contributed by atoms with Gasteiger partial charge in [-0.25, -0.2) is 9.59 Å². The Morgan fingerprint density at radius 3 is 1.71 bits per heavy atom. The van der Waals surface area contributed by atoms with Crippen LogP contribution in [0.15, 0.2) is 84.9 Å². The van der Waals surface area contributed by atoms with Crippen LogP contribution in [0.3, 0.4) is 0 Å². The SMILES string of the molecule is CCC(C)(Oc1ccc(C(C)(C)c2ccc(Oc3ccc(C(C)(C)c4ccc5c(c4)C(=O)OC(C)(C)C(C)(CC)C(=O)O5)cc3)cc2)cc1C(=O)O)C(C)C. The number of benzene rings is 4. The van der Waals surface area contributed by atoms with Crippen molar-refractivity contribution in [2.45, 2.75) is 118 Å². The predicted molar refractivity (Wildman–Crippen MR) is 215 cm³/mol. The molecular formula is C47H56O8. The fraction of sp³-hybridized carbons (Fsp3) is 0.426. The fourth-order valence-electron chi connectivity index (χ4n) is 6.97. The van der Waals surface area contributed by atoms with E-state index in [1.165, 1.54) is 0 Å². The molecule has 55 heavy (non-hydrogen) atoms. The van der Waals surface area contributed by atoms with Crippen LogP contribution in [0.5, 0.6) is 23.0 Å². The molecule has 2 unspecified atom stereocenters. The van der Waals surface area contributed by atoms with Crippen molar-refractivity contribution in [1.29, 1.82) is 0 Å². The van der Waals surface area contributed by atoms with Crippen LogP contribution >= 0.6 is 0 Å². The molecule has 0 aromatic heterocycles. The molecule has 2 atom stereocenters. The van der Waals surface area contributed by atoms with Gasteiger partial charge in [-0.3, -0.25) is 4.79 Å². The molecule has 0 bridgehead atoms. The van der Waals surface area contributed by atoms with Crippen LogP contribution in [0, 0.1) is 11.3 Å². The standard InChI is InChI=1S/C47H56O8/c1-13-46(11)42(51)53-38-25-19-33(28-37(38)41(50)55-45(46,9)10)44(7,8)31-17-23-35(24-18-31)52-34-21-15-30(16-22-34)43(5,6)32-20-26-39(36(27-32)40(48)49)54-47(12,14-2)29(3)4/h15-29H,13-14H2,1-12H3,(H,48,49). The largest absolute Gasteiger partial charge is 0.486 e. The molecule has 8 heteroatoms. The van der Waals surface area contributed by atoms with Crippen LogP contribution in [0.4, 0.5) is 0 Å². The second kappa shape index (κ2) is 14.9. The molecule has 1 N–H and O–H groups in total. The number of hydrogen-bond donors (Lipinski definition) is 1. The van der Waals surface area contributed by atoms with Gasteiger partial charge in [0.2, 0.25) is 0 Å². The fourth-order valence-corrected chi connectivity index (χ4v) is 6.97. The minimum Gasteiger partial charge on any atom is -0.486 e. The number of rotatable bonds is 12. The molecule has 0 saturated heterocycles. The topological polar surface area (TPSA) is 108 Å². The number of carboxylic acids is 1. The van der Waals surface area contributed by atoms with Gasteiger partial charge < -0.3 is 24.1 Å². The molecule has 4 aromatic carbocycles. The van der Waals surface area contributed by atoms with E-state index in [2.05, 4.69) is 41.5 Å². The smallest absolute Gasteiger partial charge is 0.342 e. The maximum Gasteiger partial charge on any atom is 0.342 e. The van der Waals surface area contributed by atoms with Gasteiger partial charge >= 0.3 is 17.9 Å². The summed E-state index contributed by atoms with van der Waals surface area (Å²) in [6.07, 6.45) is 1.21. The Hall–Kier alpha value is -5.11. The number of cyclic esters (lactones) is 1. The molecule has 1 heterocycles. The normalized spacial score (nSPS) is 18.3.